The van der Waals surface area contributed by atoms with Gasteiger partial charge in [-0.1, -0.05) is 19.3 Å². The average molecular weight is 226 g/mol. The summed E-state index contributed by atoms with van der Waals surface area (Å²) in [5, 5.41) is 12.1. The van der Waals surface area contributed by atoms with E-state index in [4.69, 9.17) is 10.8 Å². The van der Waals surface area contributed by atoms with E-state index in [-0.39, 0.29) is 17.9 Å². The number of nitrogens with two attached hydrogens (primary N) is 1. The maximum atomic E-state index is 12.0. The van der Waals surface area contributed by atoms with Crippen molar-refractivity contribution in [3.8, 4) is 0 Å². The van der Waals surface area contributed by atoms with Gasteiger partial charge in [-0.3, -0.25) is 4.79 Å². The minimum atomic E-state index is -0.649. The molecule has 0 atom stereocenters. The summed E-state index contributed by atoms with van der Waals surface area (Å²) in [6.07, 6.45) is 6.91. The van der Waals surface area contributed by atoms with Crippen molar-refractivity contribution in [1.82, 2.24) is 5.32 Å². The Kier molecular flexibility index (Phi) is 3.22. The van der Waals surface area contributed by atoms with Crippen LogP contribution in [-0.4, -0.2) is 29.7 Å². The zero-order valence-electron chi connectivity index (χ0n) is 9.80. The molecule has 0 aromatic rings. The van der Waals surface area contributed by atoms with Gasteiger partial charge in [0.05, 0.1) is 12.1 Å². The molecular weight excluding hydrogens is 204 g/mol. The second-order valence-corrected chi connectivity index (χ2v) is 5.56. The predicted molar refractivity (Wildman–Crippen MR) is 61.8 cm³/mol. The lowest BCUT2D eigenvalue weighted by Gasteiger charge is -2.32. The Morgan fingerprint density at radius 2 is 1.81 bits per heavy atom. The molecule has 0 heterocycles. The van der Waals surface area contributed by atoms with Gasteiger partial charge in [0.2, 0.25) is 5.91 Å². The number of rotatable bonds is 4. The Morgan fingerprint density at radius 1 is 1.19 bits per heavy atom. The summed E-state index contributed by atoms with van der Waals surface area (Å²) < 4.78 is 0. The van der Waals surface area contributed by atoms with E-state index in [0.29, 0.717) is 6.54 Å². The van der Waals surface area contributed by atoms with Crippen LogP contribution in [0.2, 0.25) is 0 Å². The monoisotopic (exact) mass is 226 g/mol. The van der Waals surface area contributed by atoms with Crippen LogP contribution in [0, 0.1) is 5.41 Å². The minimum Gasteiger partial charge on any atom is -0.396 e. The van der Waals surface area contributed by atoms with Gasteiger partial charge in [0.15, 0.2) is 0 Å². The molecule has 4 heteroatoms. The molecule has 4 N–H and O–H groups in total. The molecule has 4 nitrogen and oxygen atoms in total. The molecule has 0 unspecified atom stereocenters. The van der Waals surface area contributed by atoms with Crippen LogP contribution < -0.4 is 11.1 Å². The van der Waals surface area contributed by atoms with E-state index in [9.17, 15) is 4.79 Å². The van der Waals surface area contributed by atoms with Gasteiger partial charge in [0.25, 0.3) is 0 Å². The SMILES string of the molecule is NC1(C(=O)NCC2(CO)CC2)CCCCC1. The van der Waals surface area contributed by atoms with Crippen molar-refractivity contribution in [2.75, 3.05) is 13.2 Å². The molecule has 0 aromatic heterocycles. The summed E-state index contributed by atoms with van der Waals surface area (Å²) in [5.74, 6) is -0.0214. The molecular formula is C12H22N2O2. The first-order chi connectivity index (χ1) is 7.60. The Balaban J connectivity index is 1.82. The molecule has 2 saturated carbocycles. The zero-order chi connectivity index (χ0) is 11.6. The Morgan fingerprint density at radius 3 is 2.31 bits per heavy atom. The Labute approximate surface area is 96.6 Å². The van der Waals surface area contributed by atoms with E-state index in [0.717, 1.165) is 38.5 Å². The molecule has 92 valence electrons. The summed E-state index contributed by atoms with van der Waals surface area (Å²) >= 11 is 0. The molecule has 2 aliphatic rings. The van der Waals surface area contributed by atoms with Gasteiger partial charge < -0.3 is 16.2 Å². The normalized spacial score (nSPS) is 26.1. The number of hydrogen-bond acceptors (Lipinski definition) is 3. The molecule has 2 rings (SSSR count). The summed E-state index contributed by atoms with van der Waals surface area (Å²) in [6.45, 7) is 0.756. The number of aliphatic hydroxyl groups is 1. The highest BCUT2D eigenvalue weighted by Gasteiger charge is 2.43. The first-order valence-corrected chi connectivity index (χ1v) is 6.28. The van der Waals surface area contributed by atoms with Crippen molar-refractivity contribution in [3.05, 3.63) is 0 Å². The number of hydrogen-bond donors (Lipinski definition) is 3. The first kappa shape index (κ1) is 11.9. The fourth-order valence-electron chi connectivity index (χ4n) is 2.42. The number of carbonyl (C=O) groups is 1. The highest BCUT2D eigenvalue weighted by molar-refractivity contribution is 5.86. The topological polar surface area (TPSA) is 75.4 Å². The smallest absolute Gasteiger partial charge is 0.240 e. The standard InChI is InChI=1S/C12H22N2O2/c13-12(4-2-1-3-5-12)10(16)14-8-11(9-15)6-7-11/h15H,1-9,13H2,(H,14,16). The summed E-state index contributed by atoms with van der Waals surface area (Å²) in [7, 11) is 0. The number of carbonyl (C=O) groups excluding carboxylic acids is 1. The fourth-order valence-corrected chi connectivity index (χ4v) is 2.42. The van der Waals surface area contributed by atoms with E-state index < -0.39 is 5.54 Å². The first-order valence-electron chi connectivity index (χ1n) is 6.28. The van der Waals surface area contributed by atoms with Gasteiger partial charge in [-0.05, 0) is 25.7 Å². The molecule has 0 saturated heterocycles. The Bertz CT molecular complexity index is 268. The summed E-state index contributed by atoms with van der Waals surface area (Å²) in [6, 6.07) is 0. The van der Waals surface area contributed by atoms with Gasteiger partial charge in [0.1, 0.15) is 0 Å². The summed E-state index contributed by atoms with van der Waals surface area (Å²) in [5.41, 5.74) is 5.44. The number of aliphatic hydroxyl groups excluding tert-OH is 1. The van der Waals surface area contributed by atoms with Crippen molar-refractivity contribution >= 4 is 5.91 Å². The van der Waals surface area contributed by atoms with Crippen molar-refractivity contribution in [1.29, 1.82) is 0 Å². The van der Waals surface area contributed by atoms with Crippen LogP contribution in [-0.2, 0) is 4.79 Å². The third-order valence-electron chi connectivity index (χ3n) is 4.11. The highest BCUT2D eigenvalue weighted by atomic mass is 16.3. The second-order valence-electron chi connectivity index (χ2n) is 5.56. The largest absolute Gasteiger partial charge is 0.396 e. The van der Waals surface area contributed by atoms with Gasteiger partial charge in [-0.25, -0.2) is 0 Å². The molecule has 0 radical (unpaired) electrons. The molecule has 1 amide bonds. The van der Waals surface area contributed by atoms with Gasteiger partial charge in [0, 0.05) is 12.0 Å². The van der Waals surface area contributed by atoms with E-state index in [1.807, 2.05) is 0 Å². The van der Waals surface area contributed by atoms with Crippen LogP contribution in [0.15, 0.2) is 0 Å². The van der Waals surface area contributed by atoms with Crippen LogP contribution in [0.3, 0.4) is 0 Å². The van der Waals surface area contributed by atoms with Crippen LogP contribution in [0.4, 0.5) is 0 Å². The lowest BCUT2D eigenvalue weighted by molar-refractivity contribution is -0.127. The maximum absolute atomic E-state index is 12.0. The third kappa shape index (κ3) is 2.38. The molecule has 0 spiro atoms. The van der Waals surface area contributed by atoms with E-state index >= 15 is 0 Å². The van der Waals surface area contributed by atoms with Gasteiger partial charge in [-0.15, -0.1) is 0 Å². The second kappa shape index (κ2) is 4.34. The van der Waals surface area contributed by atoms with Crippen molar-refractivity contribution in [2.24, 2.45) is 11.1 Å². The van der Waals surface area contributed by atoms with E-state index in [1.165, 1.54) is 6.42 Å². The molecule has 0 aliphatic heterocycles. The molecule has 16 heavy (non-hydrogen) atoms. The lowest BCUT2D eigenvalue weighted by atomic mass is 9.82. The molecule has 0 bridgehead atoms. The van der Waals surface area contributed by atoms with E-state index in [2.05, 4.69) is 5.32 Å². The Hall–Kier alpha value is -0.610. The number of amides is 1. The fraction of sp³-hybridized carbons (Fsp3) is 0.917. The van der Waals surface area contributed by atoms with Gasteiger partial charge in [-0.2, -0.15) is 0 Å². The number of nitrogens with one attached hydrogen (secondary N) is 1. The van der Waals surface area contributed by atoms with Crippen LogP contribution >= 0.6 is 0 Å². The molecule has 2 fully saturated rings. The van der Waals surface area contributed by atoms with Crippen LogP contribution in [0.25, 0.3) is 0 Å². The third-order valence-corrected chi connectivity index (χ3v) is 4.11. The molecule has 0 aromatic carbocycles. The quantitative estimate of drug-likeness (QED) is 0.655. The highest BCUT2D eigenvalue weighted by Crippen LogP contribution is 2.44. The predicted octanol–water partition coefficient (Wildman–Crippen LogP) is 0.537. The lowest BCUT2D eigenvalue weighted by Crippen LogP contribution is -2.55. The average Bonchev–Trinajstić information content (AvgIpc) is 3.07. The minimum absolute atomic E-state index is 0.0214. The van der Waals surface area contributed by atoms with Crippen molar-refractivity contribution in [3.63, 3.8) is 0 Å². The van der Waals surface area contributed by atoms with Crippen LogP contribution in [0.5, 0.6) is 0 Å². The van der Waals surface area contributed by atoms with Gasteiger partial charge >= 0.3 is 0 Å². The van der Waals surface area contributed by atoms with Crippen molar-refractivity contribution in [2.45, 2.75) is 50.5 Å². The zero-order valence-corrected chi connectivity index (χ0v) is 9.80. The maximum Gasteiger partial charge on any atom is 0.240 e. The summed E-state index contributed by atoms with van der Waals surface area (Å²) in [4.78, 5) is 12.0. The molecule has 2 aliphatic carbocycles. The van der Waals surface area contributed by atoms with Crippen LogP contribution in [0.1, 0.15) is 44.9 Å². The van der Waals surface area contributed by atoms with E-state index in [1.54, 1.807) is 0 Å². The van der Waals surface area contributed by atoms with Crippen molar-refractivity contribution < 1.29 is 9.90 Å².